The zero-order valence-corrected chi connectivity index (χ0v) is 11.7. The molecule has 0 aliphatic rings. The molecule has 2 aromatic rings. The third-order valence-electron chi connectivity index (χ3n) is 2.29. The third-order valence-corrected chi connectivity index (χ3v) is 3.14. The Labute approximate surface area is 121 Å². The van der Waals surface area contributed by atoms with Crippen LogP contribution in [0.5, 0.6) is 11.5 Å². The molecule has 0 aliphatic carbocycles. The van der Waals surface area contributed by atoms with Gasteiger partial charge < -0.3 is 9.84 Å². The van der Waals surface area contributed by atoms with E-state index in [4.69, 9.17) is 21.4 Å². The number of hydrogen-bond acceptors (Lipinski definition) is 2. The maximum atomic E-state index is 13.0. The van der Waals surface area contributed by atoms with Gasteiger partial charge in [0, 0.05) is 5.02 Å². The number of halogens is 3. The molecule has 0 amide bonds. The molecule has 2 aromatic carbocycles. The molecule has 19 heavy (non-hydrogen) atoms. The van der Waals surface area contributed by atoms with Gasteiger partial charge in [0.1, 0.15) is 22.9 Å². The summed E-state index contributed by atoms with van der Waals surface area (Å²) in [6.07, 6.45) is 0. The number of rotatable bonds is 3. The fourth-order valence-electron chi connectivity index (χ4n) is 1.43. The summed E-state index contributed by atoms with van der Waals surface area (Å²) in [5, 5.41) is 9.51. The molecular weight excluding hydrogens is 338 g/mol. The average Bonchev–Trinajstić information content (AvgIpc) is 2.34. The minimum absolute atomic E-state index is 0.0527. The number of aromatic carboxylic acids is 1. The molecule has 0 atom stereocenters. The molecule has 0 saturated heterocycles. The van der Waals surface area contributed by atoms with Gasteiger partial charge in [0.05, 0.1) is 4.47 Å². The van der Waals surface area contributed by atoms with Crippen LogP contribution in [0.2, 0.25) is 5.02 Å². The number of carbonyl (C=O) groups is 1. The van der Waals surface area contributed by atoms with Gasteiger partial charge >= 0.3 is 5.97 Å². The van der Waals surface area contributed by atoms with E-state index in [-0.39, 0.29) is 11.3 Å². The number of hydrogen-bond donors (Lipinski definition) is 1. The van der Waals surface area contributed by atoms with Crippen molar-refractivity contribution in [2.45, 2.75) is 0 Å². The lowest BCUT2D eigenvalue weighted by Gasteiger charge is -2.10. The van der Waals surface area contributed by atoms with Gasteiger partial charge in [-0.05, 0) is 52.3 Å². The standard InChI is InChI=1S/C13H7BrClFO3/c14-10-5-7(15)1-3-12(10)19-11-4-2-8(16)6-9(11)13(17)18/h1-6H,(H,17,18). The Balaban J connectivity index is 2.40. The number of carboxylic acids is 1. The molecule has 6 heteroatoms. The van der Waals surface area contributed by atoms with Crippen molar-refractivity contribution in [3.05, 3.63) is 57.3 Å². The predicted octanol–water partition coefficient (Wildman–Crippen LogP) is 4.73. The van der Waals surface area contributed by atoms with Crippen LogP contribution < -0.4 is 4.74 Å². The fraction of sp³-hybridized carbons (Fsp3) is 0. The van der Waals surface area contributed by atoms with E-state index in [1.54, 1.807) is 18.2 Å². The second-order valence-corrected chi connectivity index (χ2v) is 4.91. The number of carboxylic acid groups (broad SMARTS) is 1. The van der Waals surface area contributed by atoms with E-state index >= 15 is 0 Å². The van der Waals surface area contributed by atoms with Crippen molar-refractivity contribution < 1.29 is 19.0 Å². The highest BCUT2D eigenvalue weighted by molar-refractivity contribution is 9.10. The summed E-state index contributed by atoms with van der Waals surface area (Å²) in [6, 6.07) is 8.10. The van der Waals surface area contributed by atoms with Gasteiger partial charge in [-0.25, -0.2) is 9.18 Å². The van der Waals surface area contributed by atoms with Crippen molar-refractivity contribution in [2.24, 2.45) is 0 Å². The Kier molecular flexibility index (Phi) is 4.07. The first-order valence-corrected chi connectivity index (χ1v) is 6.30. The second kappa shape index (κ2) is 5.59. The zero-order chi connectivity index (χ0) is 14.0. The van der Waals surface area contributed by atoms with Crippen LogP contribution in [0, 0.1) is 5.82 Å². The van der Waals surface area contributed by atoms with Gasteiger partial charge in [-0.1, -0.05) is 11.6 Å². The van der Waals surface area contributed by atoms with Gasteiger partial charge in [-0.15, -0.1) is 0 Å². The minimum Gasteiger partial charge on any atom is -0.478 e. The average molecular weight is 346 g/mol. The van der Waals surface area contributed by atoms with E-state index in [9.17, 15) is 9.18 Å². The molecule has 0 bridgehead atoms. The van der Waals surface area contributed by atoms with Crippen LogP contribution >= 0.6 is 27.5 Å². The first-order chi connectivity index (χ1) is 8.97. The summed E-state index contributed by atoms with van der Waals surface area (Å²) in [5.74, 6) is -1.46. The third kappa shape index (κ3) is 3.24. The largest absolute Gasteiger partial charge is 0.478 e. The maximum Gasteiger partial charge on any atom is 0.339 e. The van der Waals surface area contributed by atoms with Crippen LogP contribution in [-0.4, -0.2) is 11.1 Å². The monoisotopic (exact) mass is 344 g/mol. The van der Waals surface area contributed by atoms with Gasteiger partial charge in [0.2, 0.25) is 0 Å². The van der Waals surface area contributed by atoms with Crippen LogP contribution in [0.15, 0.2) is 40.9 Å². The highest BCUT2D eigenvalue weighted by atomic mass is 79.9. The van der Waals surface area contributed by atoms with Crippen molar-refractivity contribution in [1.29, 1.82) is 0 Å². The normalized spacial score (nSPS) is 10.3. The molecule has 0 unspecified atom stereocenters. The molecule has 2 rings (SSSR count). The predicted molar refractivity (Wildman–Crippen MR) is 72.6 cm³/mol. The summed E-state index contributed by atoms with van der Waals surface area (Å²) >= 11 is 9.04. The van der Waals surface area contributed by atoms with Crippen LogP contribution in [0.3, 0.4) is 0 Å². The summed E-state index contributed by atoms with van der Waals surface area (Å²) in [7, 11) is 0. The van der Waals surface area contributed by atoms with Crippen LogP contribution in [0.4, 0.5) is 4.39 Å². The summed E-state index contributed by atoms with van der Waals surface area (Å²) in [4.78, 5) is 11.0. The summed E-state index contributed by atoms with van der Waals surface area (Å²) in [6.45, 7) is 0. The maximum absolute atomic E-state index is 13.0. The lowest BCUT2D eigenvalue weighted by Crippen LogP contribution is -2.01. The molecule has 0 heterocycles. The number of benzene rings is 2. The van der Waals surface area contributed by atoms with Gasteiger partial charge in [-0.3, -0.25) is 0 Å². The van der Waals surface area contributed by atoms with E-state index in [1.807, 2.05) is 0 Å². The van der Waals surface area contributed by atoms with E-state index < -0.39 is 11.8 Å². The van der Waals surface area contributed by atoms with Crippen molar-refractivity contribution >= 4 is 33.5 Å². The molecule has 0 fully saturated rings. The highest BCUT2D eigenvalue weighted by Gasteiger charge is 2.14. The molecule has 0 radical (unpaired) electrons. The van der Waals surface area contributed by atoms with Crippen molar-refractivity contribution in [1.82, 2.24) is 0 Å². The van der Waals surface area contributed by atoms with E-state index in [0.29, 0.717) is 15.2 Å². The van der Waals surface area contributed by atoms with Crippen molar-refractivity contribution in [2.75, 3.05) is 0 Å². The topological polar surface area (TPSA) is 46.5 Å². The van der Waals surface area contributed by atoms with Crippen LogP contribution in [0.1, 0.15) is 10.4 Å². The molecule has 1 N–H and O–H groups in total. The number of ether oxygens (including phenoxy) is 1. The Hall–Kier alpha value is -1.59. The SMILES string of the molecule is O=C(O)c1cc(F)ccc1Oc1ccc(Cl)cc1Br. The Bertz CT molecular complexity index is 646. The molecule has 3 nitrogen and oxygen atoms in total. The van der Waals surface area contributed by atoms with E-state index in [2.05, 4.69) is 15.9 Å². The first kappa shape index (κ1) is 13.8. The zero-order valence-electron chi connectivity index (χ0n) is 9.36. The first-order valence-electron chi connectivity index (χ1n) is 5.13. The lowest BCUT2D eigenvalue weighted by atomic mass is 10.2. The molecule has 0 aliphatic heterocycles. The minimum atomic E-state index is -1.26. The van der Waals surface area contributed by atoms with E-state index in [0.717, 1.165) is 12.1 Å². The van der Waals surface area contributed by atoms with Crippen molar-refractivity contribution in [3.8, 4) is 11.5 Å². The van der Waals surface area contributed by atoms with E-state index in [1.165, 1.54) is 6.07 Å². The smallest absolute Gasteiger partial charge is 0.339 e. The Morgan fingerprint density at radius 1 is 1.21 bits per heavy atom. The molecule has 98 valence electrons. The highest BCUT2D eigenvalue weighted by Crippen LogP contribution is 2.33. The summed E-state index contributed by atoms with van der Waals surface area (Å²) in [5.41, 5.74) is -0.248. The van der Waals surface area contributed by atoms with Gasteiger partial charge in [-0.2, -0.15) is 0 Å². The second-order valence-electron chi connectivity index (χ2n) is 3.62. The molecule has 0 aromatic heterocycles. The quantitative estimate of drug-likeness (QED) is 0.874. The van der Waals surface area contributed by atoms with Crippen LogP contribution in [-0.2, 0) is 0 Å². The molecule has 0 saturated carbocycles. The summed E-state index contributed by atoms with van der Waals surface area (Å²) < 4.78 is 19.1. The molecular formula is C13H7BrClFO3. The van der Waals surface area contributed by atoms with Crippen LogP contribution in [0.25, 0.3) is 0 Å². The van der Waals surface area contributed by atoms with Crippen molar-refractivity contribution in [3.63, 3.8) is 0 Å². The van der Waals surface area contributed by atoms with Gasteiger partial charge in [0.15, 0.2) is 0 Å². The lowest BCUT2D eigenvalue weighted by molar-refractivity contribution is 0.0693. The fourth-order valence-corrected chi connectivity index (χ4v) is 2.20. The van der Waals surface area contributed by atoms with Gasteiger partial charge in [0.25, 0.3) is 0 Å². The Morgan fingerprint density at radius 3 is 2.53 bits per heavy atom. The Morgan fingerprint density at radius 2 is 1.89 bits per heavy atom. The molecule has 0 spiro atoms.